The SMILES string of the molecule is Cc1ccccc1NC(=O)Cn1c2c(sc1=O)[C@H](c1ccc(N(C)C)cc1)C1C(=O)N(c3ccccc3C(F)(F)F)C(=O)C1S2. The number of halogens is 3. The lowest BCUT2D eigenvalue weighted by atomic mass is 9.83. The van der Waals surface area contributed by atoms with E-state index < -0.39 is 57.1 Å². The van der Waals surface area contributed by atoms with Crippen molar-refractivity contribution >= 4 is 57.9 Å². The van der Waals surface area contributed by atoms with Gasteiger partial charge in [0.1, 0.15) is 11.8 Å². The molecule has 4 aromatic rings. The van der Waals surface area contributed by atoms with Crippen LogP contribution in [0.25, 0.3) is 0 Å². The van der Waals surface area contributed by atoms with Gasteiger partial charge in [-0.3, -0.25) is 23.7 Å². The van der Waals surface area contributed by atoms with Gasteiger partial charge in [-0.1, -0.05) is 65.6 Å². The summed E-state index contributed by atoms with van der Waals surface area (Å²) in [5.41, 5.74) is 1.29. The van der Waals surface area contributed by atoms with Gasteiger partial charge < -0.3 is 10.2 Å². The first-order valence-corrected chi connectivity index (χ1v) is 15.6. The second-order valence-electron chi connectivity index (χ2n) is 11.0. The average molecular weight is 653 g/mol. The van der Waals surface area contributed by atoms with Crippen LogP contribution in [0, 0.1) is 12.8 Å². The number of thiazole rings is 1. The van der Waals surface area contributed by atoms with E-state index in [0.717, 1.165) is 46.5 Å². The molecular formula is C32H27F3N4O4S2. The molecule has 0 saturated carbocycles. The first-order chi connectivity index (χ1) is 21.4. The molecule has 3 heterocycles. The van der Waals surface area contributed by atoms with Crippen LogP contribution < -0.4 is 20.0 Å². The number of thioether (sulfide) groups is 1. The minimum Gasteiger partial charge on any atom is -0.378 e. The molecule has 13 heteroatoms. The number of carbonyl (C=O) groups is 3. The summed E-state index contributed by atoms with van der Waals surface area (Å²) in [5, 5.41) is 2.04. The van der Waals surface area contributed by atoms with Crippen LogP contribution in [0.1, 0.15) is 27.5 Å². The number of hydrogen-bond donors (Lipinski definition) is 1. The molecule has 0 aliphatic carbocycles. The third-order valence-electron chi connectivity index (χ3n) is 7.99. The fourth-order valence-corrected chi connectivity index (χ4v) is 8.56. The highest BCUT2D eigenvalue weighted by Crippen LogP contribution is 2.54. The lowest BCUT2D eigenvalue weighted by molar-refractivity contribution is -0.137. The molecule has 3 amide bonds. The Hall–Kier alpha value is -4.36. The highest BCUT2D eigenvalue weighted by atomic mass is 32.2. The summed E-state index contributed by atoms with van der Waals surface area (Å²) in [7, 11) is 3.73. The number of para-hydroxylation sites is 2. The van der Waals surface area contributed by atoms with E-state index >= 15 is 0 Å². The van der Waals surface area contributed by atoms with Gasteiger partial charge in [0.15, 0.2) is 0 Å². The Morgan fingerprint density at radius 3 is 2.27 bits per heavy atom. The maximum Gasteiger partial charge on any atom is 0.418 e. The van der Waals surface area contributed by atoms with E-state index in [9.17, 15) is 32.3 Å². The minimum atomic E-state index is -4.80. The van der Waals surface area contributed by atoms with Crippen LogP contribution in [0.5, 0.6) is 0 Å². The normalized spacial score (nSPS) is 19.3. The third-order valence-corrected chi connectivity index (χ3v) is 10.6. The van der Waals surface area contributed by atoms with Crippen molar-refractivity contribution in [1.82, 2.24) is 4.57 Å². The van der Waals surface area contributed by atoms with Crippen LogP contribution in [0.15, 0.2) is 82.6 Å². The average Bonchev–Trinajstić information content (AvgIpc) is 3.44. The van der Waals surface area contributed by atoms with E-state index in [1.807, 2.05) is 50.2 Å². The minimum absolute atomic E-state index is 0.347. The van der Waals surface area contributed by atoms with Gasteiger partial charge in [-0.25, -0.2) is 4.90 Å². The number of alkyl halides is 3. The molecule has 1 fully saturated rings. The number of amides is 3. The quantitative estimate of drug-likeness (QED) is 0.268. The highest BCUT2D eigenvalue weighted by molar-refractivity contribution is 8.00. The van der Waals surface area contributed by atoms with Crippen molar-refractivity contribution < 1.29 is 27.6 Å². The van der Waals surface area contributed by atoms with Crippen molar-refractivity contribution in [2.75, 3.05) is 29.2 Å². The first-order valence-electron chi connectivity index (χ1n) is 13.9. The number of aryl methyl sites for hydroxylation is 1. The Kier molecular flexibility index (Phi) is 7.86. The van der Waals surface area contributed by atoms with Crippen molar-refractivity contribution in [2.45, 2.75) is 35.8 Å². The highest BCUT2D eigenvalue weighted by Gasteiger charge is 2.57. The molecule has 3 atom stereocenters. The van der Waals surface area contributed by atoms with Crippen LogP contribution in [-0.2, 0) is 27.1 Å². The number of hydrogen-bond acceptors (Lipinski definition) is 7. The summed E-state index contributed by atoms with van der Waals surface area (Å²) in [5.74, 6) is -3.92. The lowest BCUT2D eigenvalue weighted by Crippen LogP contribution is -2.33. The second kappa shape index (κ2) is 11.5. The number of nitrogens with one attached hydrogen (secondary N) is 1. The fourth-order valence-electron chi connectivity index (χ4n) is 5.79. The molecule has 2 aliphatic heterocycles. The molecule has 0 spiro atoms. The van der Waals surface area contributed by atoms with Crippen LogP contribution in [-0.4, -0.2) is 41.6 Å². The van der Waals surface area contributed by atoms with Gasteiger partial charge in [0.2, 0.25) is 17.7 Å². The van der Waals surface area contributed by atoms with Crippen molar-refractivity contribution in [2.24, 2.45) is 5.92 Å². The zero-order valence-electron chi connectivity index (χ0n) is 24.3. The van der Waals surface area contributed by atoms with E-state index in [1.165, 1.54) is 16.7 Å². The van der Waals surface area contributed by atoms with Crippen molar-refractivity contribution in [3.63, 3.8) is 0 Å². The molecule has 45 heavy (non-hydrogen) atoms. The molecular weight excluding hydrogens is 626 g/mol. The van der Waals surface area contributed by atoms with Gasteiger partial charge in [-0.05, 0) is 48.4 Å². The van der Waals surface area contributed by atoms with E-state index in [4.69, 9.17) is 0 Å². The second-order valence-corrected chi connectivity index (χ2v) is 13.2. The Bertz CT molecular complexity index is 1880. The zero-order chi connectivity index (χ0) is 32.2. The number of nitrogens with zero attached hydrogens (tertiary/aromatic N) is 3. The third kappa shape index (κ3) is 5.44. The molecule has 1 aromatic heterocycles. The van der Waals surface area contributed by atoms with E-state index in [0.29, 0.717) is 26.1 Å². The number of fused-ring (bicyclic) bond motifs is 2. The molecule has 0 bridgehead atoms. The van der Waals surface area contributed by atoms with Crippen molar-refractivity contribution in [3.05, 3.63) is 104 Å². The van der Waals surface area contributed by atoms with Crippen LogP contribution in [0.3, 0.4) is 0 Å². The van der Waals surface area contributed by atoms with Gasteiger partial charge in [-0.15, -0.1) is 0 Å². The first kappa shape index (κ1) is 30.7. The summed E-state index contributed by atoms with van der Waals surface area (Å²) in [4.78, 5) is 57.1. The van der Waals surface area contributed by atoms with Gasteiger partial charge in [0.05, 0.1) is 22.2 Å². The number of carbonyl (C=O) groups excluding carboxylic acids is 3. The summed E-state index contributed by atoms with van der Waals surface area (Å²) in [6, 6.07) is 18.9. The van der Waals surface area contributed by atoms with Crippen LogP contribution >= 0.6 is 23.1 Å². The van der Waals surface area contributed by atoms with E-state index in [1.54, 1.807) is 24.3 Å². The Labute approximate surface area is 264 Å². The van der Waals surface area contributed by atoms with E-state index in [-0.39, 0.29) is 6.54 Å². The Balaban J connectivity index is 1.44. The lowest BCUT2D eigenvalue weighted by Gasteiger charge is -2.31. The van der Waals surface area contributed by atoms with Gasteiger partial charge in [0.25, 0.3) is 0 Å². The molecule has 232 valence electrons. The summed E-state index contributed by atoms with van der Waals surface area (Å²) < 4.78 is 43.3. The molecule has 0 radical (unpaired) electrons. The molecule has 3 aromatic carbocycles. The number of anilines is 3. The maximum absolute atomic E-state index is 14.1. The number of imide groups is 1. The van der Waals surface area contributed by atoms with E-state index in [2.05, 4.69) is 5.32 Å². The fraction of sp³-hybridized carbons (Fsp3) is 0.250. The molecule has 8 nitrogen and oxygen atoms in total. The smallest absolute Gasteiger partial charge is 0.378 e. The van der Waals surface area contributed by atoms with Crippen molar-refractivity contribution in [1.29, 1.82) is 0 Å². The van der Waals surface area contributed by atoms with Crippen LogP contribution in [0.2, 0.25) is 0 Å². The number of rotatable bonds is 6. The van der Waals surface area contributed by atoms with Gasteiger partial charge >= 0.3 is 11.0 Å². The Morgan fingerprint density at radius 1 is 0.933 bits per heavy atom. The zero-order valence-corrected chi connectivity index (χ0v) is 25.9. The predicted octanol–water partition coefficient (Wildman–Crippen LogP) is 5.74. The molecule has 1 N–H and O–H groups in total. The summed E-state index contributed by atoms with van der Waals surface area (Å²) >= 11 is 1.82. The molecule has 6 rings (SSSR count). The number of aromatic nitrogens is 1. The van der Waals surface area contributed by atoms with Gasteiger partial charge in [0, 0.05) is 36.3 Å². The summed E-state index contributed by atoms with van der Waals surface area (Å²) in [6.07, 6.45) is -4.80. The summed E-state index contributed by atoms with van der Waals surface area (Å²) in [6.45, 7) is 1.49. The topological polar surface area (TPSA) is 91.7 Å². The molecule has 2 aliphatic rings. The number of benzene rings is 3. The maximum atomic E-state index is 14.1. The van der Waals surface area contributed by atoms with Crippen molar-refractivity contribution in [3.8, 4) is 0 Å². The monoisotopic (exact) mass is 652 g/mol. The molecule has 2 unspecified atom stereocenters. The standard InChI is InChI=1S/C32H27F3N4O4S2/c1-17-8-4-6-10-21(17)36-23(40)16-38-30-27(45-31(38)43)24(18-12-14-19(15-13-18)37(2)3)25-26(44-30)29(42)39(28(25)41)22-11-7-5-9-20(22)32(33,34)35/h4-15,24-26H,16H2,1-3H3,(H,36,40)/t24-,25?,26?/m1/s1. The van der Waals surface area contributed by atoms with Gasteiger partial charge in [-0.2, -0.15) is 13.2 Å². The Morgan fingerprint density at radius 2 is 1.60 bits per heavy atom. The largest absolute Gasteiger partial charge is 0.418 e. The van der Waals surface area contributed by atoms with Crippen LogP contribution in [0.4, 0.5) is 30.2 Å². The predicted molar refractivity (Wildman–Crippen MR) is 168 cm³/mol. The molecule has 1 saturated heterocycles.